The highest BCUT2D eigenvalue weighted by Crippen LogP contribution is 2.40. The van der Waals surface area contributed by atoms with E-state index in [0.29, 0.717) is 0 Å². The minimum Gasteiger partial charge on any atom is -0.456 e. The summed E-state index contributed by atoms with van der Waals surface area (Å²) in [4.78, 5) is 2.29. The van der Waals surface area contributed by atoms with Gasteiger partial charge in [-0.1, -0.05) is 97.1 Å². The first-order valence-corrected chi connectivity index (χ1v) is 17.2. The van der Waals surface area contributed by atoms with Crippen LogP contribution in [0.1, 0.15) is 0 Å². The van der Waals surface area contributed by atoms with Gasteiger partial charge in [0.15, 0.2) is 0 Å². The minimum atomic E-state index is 0.894. The molecule has 0 saturated heterocycles. The van der Waals surface area contributed by atoms with Gasteiger partial charge in [0.05, 0.1) is 0 Å². The Bertz CT molecular complexity index is 2680. The summed E-state index contributed by atoms with van der Waals surface area (Å²) in [6.07, 6.45) is 0. The molecule has 0 aliphatic rings. The van der Waals surface area contributed by atoms with Crippen LogP contribution in [0.15, 0.2) is 197 Å². The molecule has 0 spiro atoms. The lowest BCUT2D eigenvalue weighted by Gasteiger charge is -2.25. The second-order valence-electron chi connectivity index (χ2n) is 13.0. The maximum Gasteiger partial charge on any atom is 0.135 e. The largest absolute Gasteiger partial charge is 0.456 e. The maximum absolute atomic E-state index is 6.18. The predicted molar refractivity (Wildman–Crippen MR) is 212 cm³/mol. The van der Waals surface area contributed by atoms with E-state index in [1.165, 1.54) is 0 Å². The maximum atomic E-state index is 6.18. The number of anilines is 3. The summed E-state index contributed by atoms with van der Waals surface area (Å²) in [7, 11) is 0. The SMILES string of the molecule is c1ccc(N(c2ccccc2)c2ccc(-c3cc(-c4ccc5oc6ccccc6c5c4)cc(-c4ccc5oc6ccccc6c5c4)c3)cc2)cc1. The Kier molecular flexibility index (Phi) is 6.81. The lowest BCUT2D eigenvalue weighted by Crippen LogP contribution is -2.09. The Morgan fingerprint density at radius 1 is 0.255 bits per heavy atom. The molecule has 0 aliphatic heterocycles. The van der Waals surface area contributed by atoms with Crippen molar-refractivity contribution in [2.24, 2.45) is 0 Å². The molecule has 0 atom stereocenters. The van der Waals surface area contributed by atoms with E-state index in [-0.39, 0.29) is 0 Å². The summed E-state index contributed by atoms with van der Waals surface area (Å²) in [6.45, 7) is 0. The lowest BCUT2D eigenvalue weighted by atomic mass is 9.92. The van der Waals surface area contributed by atoms with Crippen LogP contribution < -0.4 is 4.90 Å². The summed E-state index contributed by atoms with van der Waals surface area (Å²) in [5.41, 5.74) is 13.8. The molecule has 0 bridgehead atoms. The lowest BCUT2D eigenvalue weighted by molar-refractivity contribution is 0.668. The standard InChI is InChI=1S/C48H31NO2/c1-3-11-38(12-4-1)49(39-13-5-2-6-14-39)40-23-19-32(20-24-40)35-27-36(33-21-25-47-43(30-33)41-15-7-9-17-45(41)50-47)29-37(28-35)34-22-26-48-44(31-34)42-16-8-10-18-46(42)51-48/h1-31H. The summed E-state index contributed by atoms with van der Waals surface area (Å²) in [6, 6.07) is 66.4. The van der Waals surface area contributed by atoms with Crippen molar-refractivity contribution >= 4 is 60.9 Å². The van der Waals surface area contributed by atoms with Crippen LogP contribution in [0.5, 0.6) is 0 Å². The molecule has 0 N–H and O–H groups in total. The first kappa shape index (κ1) is 29.1. The number of rotatable bonds is 6. The van der Waals surface area contributed by atoms with E-state index in [2.05, 4.69) is 169 Å². The molecule has 51 heavy (non-hydrogen) atoms. The van der Waals surface area contributed by atoms with Gasteiger partial charge < -0.3 is 13.7 Å². The van der Waals surface area contributed by atoms with Crippen molar-refractivity contribution in [3.8, 4) is 33.4 Å². The van der Waals surface area contributed by atoms with Crippen molar-refractivity contribution in [1.29, 1.82) is 0 Å². The quantitative estimate of drug-likeness (QED) is 0.179. The highest BCUT2D eigenvalue weighted by atomic mass is 16.3. The third kappa shape index (κ3) is 5.15. The van der Waals surface area contributed by atoms with E-state index < -0.39 is 0 Å². The highest BCUT2D eigenvalue weighted by molar-refractivity contribution is 6.07. The molecule has 3 nitrogen and oxygen atoms in total. The number of hydrogen-bond donors (Lipinski definition) is 0. The molecule has 0 fully saturated rings. The topological polar surface area (TPSA) is 29.5 Å². The summed E-state index contributed by atoms with van der Waals surface area (Å²) >= 11 is 0. The Balaban J connectivity index is 1.13. The summed E-state index contributed by atoms with van der Waals surface area (Å²) < 4.78 is 12.4. The molecule has 10 rings (SSSR count). The molecule has 2 heterocycles. The first-order valence-electron chi connectivity index (χ1n) is 17.2. The van der Waals surface area contributed by atoms with E-state index in [4.69, 9.17) is 8.83 Å². The number of para-hydroxylation sites is 4. The van der Waals surface area contributed by atoms with Gasteiger partial charge >= 0.3 is 0 Å². The molecule has 240 valence electrons. The van der Waals surface area contributed by atoms with Crippen molar-refractivity contribution in [3.63, 3.8) is 0 Å². The molecule has 3 heteroatoms. The highest BCUT2D eigenvalue weighted by Gasteiger charge is 2.15. The average Bonchev–Trinajstić information content (AvgIpc) is 3.77. The van der Waals surface area contributed by atoms with Gasteiger partial charge in [-0.05, 0) is 124 Å². The second-order valence-corrected chi connectivity index (χ2v) is 13.0. The molecule has 0 saturated carbocycles. The fourth-order valence-corrected chi connectivity index (χ4v) is 7.34. The van der Waals surface area contributed by atoms with E-state index in [1.54, 1.807) is 0 Å². The van der Waals surface area contributed by atoms with E-state index in [0.717, 1.165) is 94.3 Å². The van der Waals surface area contributed by atoms with Gasteiger partial charge in [-0.2, -0.15) is 0 Å². The van der Waals surface area contributed by atoms with Crippen molar-refractivity contribution < 1.29 is 8.83 Å². The van der Waals surface area contributed by atoms with E-state index >= 15 is 0 Å². The molecule has 0 aliphatic carbocycles. The third-order valence-electron chi connectivity index (χ3n) is 9.84. The van der Waals surface area contributed by atoms with Crippen LogP contribution in [0.25, 0.3) is 77.3 Å². The summed E-state index contributed by atoms with van der Waals surface area (Å²) in [5, 5.41) is 4.49. The number of nitrogens with zero attached hydrogens (tertiary/aromatic N) is 1. The minimum absolute atomic E-state index is 0.894. The van der Waals surface area contributed by atoms with Gasteiger partial charge in [0, 0.05) is 38.6 Å². The first-order chi connectivity index (χ1) is 25.2. The van der Waals surface area contributed by atoms with Gasteiger partial charge in [-0.15, -0.1) is 0 Å². The average molecular weight is 654 g/mol. The van der Waals surface area contributed by atoms with E-state index in [9.17, 15) is 0 Å². The van der Waals surface area contributed by atoms with Crippen LogP contribution in [-0.4, -0.2) is 0 Å². The molecule has 0 radical (unpaired) electrons. The van der Waals surface area contributed by atoms with Crippen molar-refractivity contribution in [2.75, 3.05) is 4.90 Å². The third-order valence-corrected chi connectivity index (χ3v) is 9.84. The van der Waals surface area contributed by atoms with Crippen molar-refractivity contribution in [1.82, 2.24) is 0 Å². The zero-order valence-electron chi connectivity index (χ0n) is 27.7. The van der Waals surface area contributed by atoms with Crippen molar-refractivity contribution in [3.05, 3.63) is 188 Å². The zero-order valence-corrected chi connectivity index (χ0v) is 27.7. The number of hydrogen-bond acceptors (Lipinski definition) is 3. The number of benzene rings is 8. The number of furan rings is 2. The fraction of sp³-hybridized carbons (Fsp3) is 0. The van der Waals surface area contributed by atoms with Gasteiger partial charge in [-0.25, -0.2) is 0 Å². The molecule has 8 aromatic carbocycles. The molecule has 10 aromatic rings. The van der Waals surface area contributed by atoms with Crippen LogP contribution in [-0.2, 0) is 0 Å². The predicted octanol–water partition coefficient (Wildman–Crippen LogP) is 14.0. The van der Waals surface area contributed by atoms with Crippen LogP contribution >= 0.6 is 0 Å². The van der Waals surface area contributed by atoms with E-state index in [1.807, 2.05) is 24.3 Å². The Hall–Kier alpha value is -6.84. The van der Waals surface area contributed by atoms with Crippen LogP contribution in [0.3, 0.4) is 0 Å². The molecule has 0 amide bonds. The number of fused-ring (bicyclic) bond motifs is 6. The molecule has 0 unspecified atom stereocenters. The van der Waals surface area contributed by atoms with Gasteiger partial charge in [-0.3, -0.25) is 0 Å². The Morgan fingerprint density at radius 2 is 0.627 bits per heavy atom. The molecular weight excluding hydrogens is 623 g/mol. The summed E-state index contributed by atoms with van der Waals surface area (Å²) in [5.74, 6) is 0. The van der Waals surface area contributed by atoms with Gasteiger partial charge in [0.25, 0.3) is 0 Å². The zero-order chi connectivity index (χ0) is 33.7. The Labute approximate surface area is 295 Å². The normalized spacial score (nSPS) is 11.5. The molecule has 2 aromatic heterocycles. The second kappa shape index (κ2) is 11.9. The van der Waals surface area contributed by atoms with Crippen LogP contribution in [0, 0.1) is 0 Å². The monoisotopic (exact) mass is 653 g/mol. The smallest absolute Gasteiger partial charge is 0.135 e. The van der Waals surface area contributed by atoms with Crippen molar-refractivity contribution in [2.45, 2.75) is 0 Å². The van der Waals surface area contributed by atoms with Crippen LogP contribution in [0.2, 0.25) is 0 Å². The van der Waals surface area contributed by atoms with Gasteiger partial charge in [0.1, 0.15) is 22.3 Å². The molecular formula is C48H31NO2. The van der Waals surface area contributed by atoms with Crippen LogP contribution in [0.4, 0.5) is 17.1 Å². The fourth-order valence-electron chi connectivity index (χ4n) is 7.34. The Morgan fingerprint density at radius 3 is 1.12 bits per heavy atom. The van der Waals surface area contributed by atoms with Gasteiger partial charge in [0.2, 0.25) is 0 Å².